The van der Waals surface area contributed by atoms with Crippen LogP contribution in [0.1, 0.15) is 29.6 Å². The van der Waals surface area contributed by atoms with E-state index < -0.39 is 23.8 Å². The summed E-state index contributed by atoms with van der Waals surface area (Å²) in [6, 6.07) is 2.43. The van der Waals surface area contributed by atoms with E-state index in [9.17, 15) is 22.4 Å². The number of benzene rings is 1. The highest BCUT2D eigenvalue weighted by Crippen LogP contribution is 2.25. The maximum atomic E-state index is 13.7. The minimum absolute atomic E-state index is 0.290. The fourth-order valence-corrected chi connectivity index (χ4v) is 2.60. The summed E-state index contributed by atoms with van der Waals surface area (Å²) in [5.74, 6) is -2.33. The Morgan fingerprint density at radius 1 is 1.12 bits per heavy atom. The van der Waals surface area contributed by atoms with E-state index in [2.05, 4.69) is 10.1 Å². The zero-order chi connectivity index (χ0) is 19.0. The summed E-state index contributed by atoms with van der Waals surface area (Å²) in [5.41, 5.74) is -0.290. The van der Waals surface area contributed by atoms with Crippen molar-refractivity contribution in [3.05, 3.63) is 29.6 Å². The molecule has 2 fully saturated rings. The summed E-state index contributed by atoms with van der Waals surface area (Å²) in [6.07, 6.45) is -0.685. The topological polar surface area (TPSA) is 50.8 Å². The number of nitrogens with zero attached hydrogens (tertiary/aromatic N) is 1. The first-order chi connectivity index (χ1) is 12.4. The average Bonchev–Trinajstić information content (AvgIpc) is 2.63. The number of carbonyl (C=O) groups is 1. The van der Waals surface area contributed by atoms with Crippen LogP contribution >= 0.6 is 0 Å². The number of alkyl halides is 3. The first-order valence-corrected chi connectivity index (χ1v) is 8.50. The molecule has 146 valence electrons. The quantitative estimate of drug-likeness (QED) is 0.804. The maximum Gasteiger partial charge on any atom is 0.573 e. The minimum atomic E-state index is -4.90. The Labute approximate surface area is 149 Å². The molecule has 2 aliphatic heterocycles. The molecule has 2 heterocycles. The van der Waals surface area contributed by atoms with Crippen LogP contribution in [0.3, 0.4) is 0 Å². The SMILES string of the molecule is C1CCNCC1.O=C(c1ccc(OC(F)(F)F)cc1F)N1CCOCC1. The molecule has 2 saturated heterocycles. The molecular formula is C17H22F4N2O3. The summed E-state index contributed by atoms with van der Waals surface area (Å²) < 4.78 is 58.3. The van der Waals surface area contributed by atoms with Crippen molar-refractivity contribution in [2.75, 3.05) is 39.4 Å². The third kappa shape index (κ3) is 6.80. The van der Waals surface area contributed by atoms with Crippen LogP contribution in [0.2, 0.25) is 0 Å². The molecule has 1 N–H and O–H groups in total. The second kappa shape index (κ2) is 9.72. The molecule has 0 radical (unpaired) electrons. The molecule has 5 nitrogen and oxygen atoms in total. The van der Waals surface area contributed by atoms with Gasteiger partial charge in [0.2, 0.25) is 0 Å². The molecule has 0 atom stereocenters. The molecular weight excluding hydrogens is 356 g/mol. The Balaban J connectivity index is 0.000000342. The lowest BCUT2D eigenvalue weighted by Gasteiger charge is -2.27. The molecule has 1 aromatic rings. The highest BCUT2D eigenvalue weighted by atomic mass is 19.4. The molecule has 2 aliphatic rings. The number of halogens is 4. The highest BCUT2D eigenvalue weighted by molar-refractivity contribution is 5.94. The summed E-state index contributed by atoms with van der Waals surface area (Å²) in [6.45, 7) is 3.84. The number of nitrogens with one attached hydrogen (secondary N) is 1. The van der Waals surface area contributed by atoms with Crippen molar-refractivity contribution in [2.24, 2.45) is 0 Å². The molecule has 0 aliphatic carbocycles. The Morgan fingerprint density at radius 3 is 2.23 bits per heavy atom. The fourth-order valence-electron chi connectivity index (χ4n) is 2.60. The van der Waals surface area contributed by atoms with E-state index in [-0.39, 0.29) is 5.56 Å². The molecule has 1 amide bonds. The fraction of sp³-hybridized carbons (Fsp3) is 0.588. The normalized spacial score (nSPS) is 17.9. The van der Waals surface area contributed by atoms with Gasteiger partial charge in [-0.15, -0.1) is 13.2 Å². The van der Waals surface area contributed by atoms with E-state index in [1.165, 1.54) is 37.3 Å². The smallest absolute Gasteiger partial charge is 0.406 e. The van der Waals surface area contributed by atoms with Crippen molar-refractivity contribution in [1.82, 2.24) is 10.2 Å². The van der Waals surface area contributed by atoms with Gasteiger partial charge in [0.1, 0.15) is 11.6 Å². The van der Waals surface area contributed by atoms with Crippen molar-refractivity contribution < 1.29 is 31.8 Å². The lowest BCUT2D eigenvalue weighted by Crippen LogP contribution is -2.41. The first kappa shape index (κ1) is 20.4. The van der Waals surface area contributed by atoms with Crippen molar-refractivity contribution in [1.29, 1.82) is 0 Å². The van der Waals surface area contributed by atoms with Gasteiger partial charge in [-0.05, 0) is 38.1 Å². The van der Waals surface area contributed by atoms with Crippen LogP contribution in [-0.2, 0) is 4.74 Å². The summed E-state index contributed by atoms with van der Waals surface area (Å²) >= 11 is 0. The van der Waals surface area contributed by atoms with Crippen molar-refractivity contribution in [2.45, 2.75) is 25.6 Å². The molecule has 9 heteroatoms. The third-order valence-electron chi connectivity index (χ3n) is 3.91. The van der Waals surface area contributed by atoms with E-state index in [1.807, 2.05) is 0 Å². The zero-order valence-corrected chi connectivity index (χ0v) is 14.3. The highest BCUT2D eigenvalue weighted by Gasteiger charge is 2.31. The Kier molecular flexibility index (Phi) is 7.65. The second-order valence-corrected chi connectivity index (χ2v) is 5.90. The lowest BCUT2D eigenvalue weighted by atomic mass is 10.1. The number of hydrogen-bond acceptors (Lipinski definition) is 4. The molecule has 0 unspecified atom stereocenters. The van der Waals surface area contributed by atoms with Gasteiger partial charge in [-0.3, -0.25) is 4.79 Å². The summed E-state index contributed by atoms with van der Waals surface area (Å²) in [7, 11) is 0. The van der Waals surface area contributed by atoms with Crippen LogP contribution in [0.4, 0.5) is 17.6 Å². The van der Waals surface area contributed by atoms with Crippen molar-refractivity contribution >= 4 is 5.91 Å². The van der Waals surface area contributed by atoms with E-state index >= 15 is 0 Å². The standard InChI is InChI=1S/C12H11F4NO3.C5H11N/c13-10-7-8(20-12(14,15)16)1-2-9(10)11(18)17-3-5-19-6-4-17;1-2-4-6-5-3-1/h1-2,7H,3-6H2;6H,1-5H2. The van der Waals surface area contributed by atoms with Crippen LogP contribution in [0.25, 0.3) is 0 Å². The average molecular weight is 378 g/mol. The van der Waals surface area contributed by atoms with Crippen LogP contribution in [0.5, 0.6) is 5.75 Å². The number of amides is 1. The number of morpholine rings is 1. The Bertz CT molecular complexity index is 574. The van der Waals surface area contributed by atoms with Crippen LogP contribution in [-0.4, -0.2) is 56.6 Å². The van der Waals surface area contributed by atoms with Crippen LogP contribution in [0.15, 0.2) is 18.2 Å². The predicted molar refractivity (Wildman–Crippen MR) is 86.5 cm³/mol. The monoisotopic (exact) mass is 378 g/mol. The minimum Gasteiger partial charge on any atom is -0.406 e. The number of carbonyl (C=O) groups excluding carboxylic acids is 1. The lowest BCUT2D eigenvalue weighted by molar-refractivity contribution is -0.274. The maximum absolute atomic E-state index is 13.7. The summed E-state index contributed by atoms with van der Waals surface area (Å²) in [4.78, 5) is 13.4. The largest absolute Gasteiger partial charge is 0.573 e. The van der Waals surface area contributed by atoms with E-state index in [4.69, 9.17) is 4.74 Å². The molecule has 0 aromatic heterocycles. The zero-order valence-electron chi connectivity index (χ0n) is 14.3. The van der Waals surface area contributed by atoms with Gasteiger partial charge >= 0.3 is 6.36 Å². The molecule has 1 aromatic carbocycles. The van der Waals surface area contributed by atoms with E-state index in [1.54, 1.807) is 0 Å². The molecule has 26 heavy (non-hydrogen) atoms. The number of ether oxygens (including phenoxy) is 2. The van der Waals surface area contributed by atoms with Crippen LogP contribution < -0.4 is 10.1 Å². The number of piperidine rings is 1. The van der Waals surface area contributed by atoms with E-state index in [0.29, 0.717) is 32.4 Å². The van der Waals surface area contributed by atoms with Gasteiger partial charge in [0.15, 0.2) is 0 Å². The molecule has 0 saturated carbocycles. The molecule has 0 spiro atoms. The van der Waals surface area contributed by atoms with Crippen molar-refractivity contribution in [3.63, 3.8) is 0 Å². The van der Waals surface area contributed by atoms with Gasteiger partial charge < -0.3 is 19.7 Å². The van der Waals surface area contributed by atoms with Crippen molar-refractivity contribution in [3.8, 4) is 5.75 Å². The Hall–Kier alpha value is -1.87. The van der Waals surface area contributed by atoms with Gasteiger partial charge in [-0.2, -0.15) is 0 Å². The van der Waals surface area contributed by atoms with E-state index in [0.717, 1.165) is 12.1 Å². The van der Waals surface area contributed by atoms with Gasteiger partial charge in [-0.25, -0.2) is 4.39 Å². The summed E-state index contributed by atoms with van der Waals surface area (Å²) in [5, 5.41) is 3.28. The van der Waals surface area contributed by atoms with Crippen LogP contribution in [0, 0.1) is 5.82 Å². The molecule has 3 rings (SSSR count). The molecule has 0 bridgehead atoms. The van der Waals surface area contributed by atoms with Gasteiger partial charge in [0.05, 0.1) is 18.8 Å². The van der Waals surface area contributed by atoms with Gasteiger partial charge in [0, 0.05) is 19.2 Å². The second-order valence-electron chi connectivity index (χ2n) is 5.90. The third-order valence-corrected chi connectivity index (χ3v) is 3.91. The predicted octanol–water partition coefficient (Wildman–Crippen LogP) is 2.96. The number of rotatable bonds is 2. The van der Waals surface area contributed by atoms with Gasteiger partial charge in [0.25, 0.3) is 5.91 Å². The number of hydrogen-bond donors (Lipinski definition) is 1. The Morgan fingerprint density at radius 2 is 1.77 bits per heavy atom. The first-order valence-electron chi connectivity index (χ1n) is 8.50. The van der Waals surface area contributed by atoms with Gasteiger partial charge in [-0.1, -0.05) is 6.42 Å².